The van der Waals surface area contributed by atoms with Gasteiger partial charge in [-0.3, -0.25) is 4.79 Å². The molecule has 1 aliphatic carbocycles. The van der Waals surface area contributed by atoms with Crippen LogP contribution in [-0.2, 0) is 17.6 Å². The molecule has 0 unspecified atom stereocenters. The van der Waals surface area contributed by atoms with Gasteiger partial charge >= 0.3 is 0 Å². The Kier molecular flexibility index (Phi) is 4.41. The number of benzene rings is 2. The molecule has 2 aliphatic rings. The molecule has 2 N–H and O–H groups in total. The molecule has 4 rings (SSSR count). The molecule has 25 heavy (non-hydrogen) atoms. The van der Waals surface area contributed by atoms with E-state index in [0.717, 1.165) is 38.8 Å². The first-order chi connectivity index (χ1) is 12.3. The second-order valence-electron chi connectivity index (χ2n) is 6.88. The molecule has 0 spiro atoms. The molecule has 1 fully saturated rings. The zero-order chi connectivity index (χ0) is 17.2. The summed E-state index contributed by atoms with van der Waals surface area (Å²) in [5.74, 6) is 0.0608. The first-order valence-electron chi connectivity index (χ1n) is 9.14. The first-order valence-corrected chi connectivity index (χ1v) is 9.14. The maximum atomic E-state index is 11.9. The third-order valence-electron chi connectivity index (χ3n) is 5.48. The van der Waals surface area contributed by atoms with Crippen molar-refractivity contribution in [1.29, 1.82) is 0 Å². The minimum atomic E-state index is 0.0608. The van der Waals surface area contributed by atoms with E-state index in [1.165, 1.54) is 33.4 Å². The third-order valence-corrected chi connectivity index (χ3v) is 5.48. The first kappa shape index (κ1) is 16.1. The Bertz CT molecular complexity index is 778. The number of carbonyl (C=O) groups is 1. The normalized spacial score (nSPS) is 16.9. The smallest absolute Gasteiger partial charge is 0.236 e. The van der Waals surface area contributed by atoms with Gasteiger partial charge in [-0.1, -0.05) is 54.1 Å². The number of hydrogen-bond acceptors (Lipinski definition) is 2. The second-order valence-corrected chi connectivity index (χ2v) is 6.88. The van der Waals surface area contributed by atoms with Crippen molar-refractivity contribution >= 4 is 11.5 Å². The van der Waals surface area contributed by atoms with E-state index < -0.39 is 0 Å². The van der Waals surface area contributed by atoms with Gasteiger partial charge in [-0.15, -0.1) is 0 Å². The highest BCUT2D eigenvalue weighted by Crippen LogP contribution is 2.38. The summed E-state index contributed by atoms with van der Waals surface area (Å²) in [5.41, 5.74) is 14.0. The van der Waals surface area contributed by atoms with Crippen LogP contribution in [0.3, 0.4) is 0 Å². The standard InChI is InChI=1S/C22H24N2O/c23-15-21(25)24-13-11-18(12-14-24)22-19-7-3-1-5-16(19)9-10-17-6-2-4-8-20(17)22/h1-8H,9-15,23H2. The van der Waals surface area contributed by atoms with Crippen LogP contribution in [0.15, 0.2) is 54.1 Å². The van der Waals surface area contributed by atoms with Gasteiger partial charge in [0.05, 0.1) is 6.54 Å². The Hall–Kier alpha value is -2.39. The monoisotopic (exact) mass is 332 g/mol. The molecule has 1 saturated heterocycles. The molecule has 1 amide bonds. The molecule has 3 heteroatoms. The predicted octanol–water partition coefficient (Wildman–Crippen LogP) is 3.17. The van der Waals surface area contributed by atoms with Gasteiger partial charge in [0, 0.05) is 13.1 Å². The molecule has 0 saturated carbocycles. The Morgan fingerprint density at radius 2 is 1.36 bits per heavy atom. The molecule has 128 valence electrons. The van der Waals surface area contributed by atoms with Crippen LogP contribution in [0.25, 0.3) is 5.57 Å². The van der Waals surface area contributed by atoms with Crippen molar-refractivity contribution in [2.45, 2.75) is 25.7 Å². The van der Waals surface area contributed by atoms with Crippen molar-refractivity contribution in [1.82, 2.24) is 4.90 Å². The van der Waals surface area contributed by atoms with E-state index in [1.54, 1.807) is 0 Å². The van der Waals surface area contributed by atoms with Gasteiger partial charge < -0.3 is 10.6 Å². The van der Waals surface area contributed by atoms with Crippen LogP contribution in [0.2, 0.25) is 0 Å². The fourth-order valence-electron chi connectivity index (χ4n) is 4.16. The molecule has 0 radical (unpaired) electrons. The fourth-order valence-corrected chi connectivity index (χ4v) is 4.16. The Morgan fingerprint density at radius 3 is 1.88 bits per heavy atom. The van der Waals surface area contributed by atoms with Gasteiger partial charge in [-0.25, -0.2) is 0 Å². The Balaban J connectivity index is 1.80. The average molecular weight is 332 g/mol. The summed E-state index contributed by atoms with van der Waals surface area (Å²) in [6.45, 7) is 1.66. The van der Waals surface area contributed by atoms with Gasteiger partial charge in [0.25, 0.3) is 0 Å². The van der Waals surface area contributed by atoms with Crippen LogP contribution < -0.4 is 5.73 Å². The third kappa shape index (κ3) is 3.00. The van der Waals surface area contributed by atoms with Crippen LogP contribution in [0.5, 0.6) is 0 Å². The molecule has 0 atom stereocenters. The summed E-state index contributed by atoms with van der Waals surface area (Å²) in [5, 5.41) is 0. The highest BCUT2D eigenvalue weighted by molar-refractivity contribution is 5.86. The molecule has 2 aromatic carbocycles. The number of rotatable bonds is 1. The number of likely N-dealkylation sites (tertiary alicyclic amines) is 1. The highest BCUT2D eigenvalue weighted by Gasteiger charge is 2.24. The minimum Gasteiger partial charge on any atom is -0.341 e. The van der Waals surface area contributed by atoms with Crippen LogP contribution in [0.1, 0.15) is 35.1 Å². The Labute approximate surface area is 149 Å². The quantitative estimate of drug-likeness (QED) is 0.872. The summed E-state index contributed by atoms with van der Waals surface area (Å²) < 4.78 is 0. The number of fused-ring (bicyclic) bond motifs is 2. The van der Waals surface area contributed by atoms with E-state index in [4.69, 9.17) is 5.73 Å². The maximum Gasteiger partial charge on any atom is 0.236 e. The second kappa shape index (κ2) is 6.85. The van der Waals surface area contributed by atoms with Crippen molar-refractivity contribution in [3.05, 3.63) is 76.4 Å². The Morgan fingerprint density at radius 1 is 0.840 bits per heavy atom. The van der Waals surface area contributed by atoms with Gasteiger partial charge in [0.2, 0.25) is 5.91 Å². The topological polar surface area (TPSA) is 46.3 Å². The van der Waals surface area contributed by atoms with Crippen LogP contribution >= 0.6 is 0 Å². The van der Waals surface area contributed by atoms with E-state index in [9.17, 15) is 4.79 Å². The van der Waals surface area contributed by atoms with E-state index in [-0.39, 0.29) is 12.5 Å². The lowest BCUT2D eigenvalue weighted by Crippen LogP contribution is -2.40. The number of carbonyl (C=O) groups excluding carboxylic acids is 1. The number of piperidine rings is 1. The molecular weight excluding hydrogens is 308 g/mol. The van der Waals surface area contributed by atoms with Crippen molar-refractivity contribution in [2.75, 3.05) is 19.6 Å². The molecule has 2 aromatic rings. The van der Waals surface area contributed by atoms with Gasteiger partial charge in [0.1, 0.15) is 0 Å². The molecule has 1 aliphatic heterocycles. The van der Waals surface area contributed by atoms with E-state index in [1.807, 2.05) is 4.90 Å². The van der Waals surface area contributed by atoms with Gasteiger partial charge in [-0.05, 0) is 53.5 Å². The summed E-state index contributed by atoms with van der Waals surface area (Å²) in [7, 11) is 0. The lowest BCUT2D eigenvalue weighted by atomic mass is 9.86. The van der Waals surface area contributed by atoms with Crippen molar-refractivity contribution < 1.29 is 4.79 Å². The average Bonchev–Trinajstić information content (AvgIpc) is 2.84. The highest BCUT2D eigenvalue weighted by atomic mass is 16.2. The summed E-state index contributed by atoms with van der Waals surface area (Å²) in [4.78, 5) is 13.8. The van der Waals surface area contributed by atoms with E-state index in [2.05, 4.69) is 48.5 Å². The maximum absolute atomic E-state index is 11.9. The van der Waals surface area contributed by atoms with Crippen LogP contribution in [0, 0.1) is 0 Å². The van der Waals surface area contributed by atoms with Gasteiger partial charge in [-0.2, -0.15) is 0 Å². The fraction of sp³-hybridized carbons (Fsp3) is 0.318. The molecular formula is C22H24N2O. The molecule has 1 heterocycles. The number of nitrogens with zero attached hydrogens (tertiary/aromatic N) is 1. The molecule has 0 bridgehead atoms. The SMILES string of the molecule is NCC(=O)N1CCC(=C2c3ccccc3CCc3ccccc32)CC1. The largest absolute Gasteiger partial charge is 0.341 e. The van der Waals surface area contributed by atoms with Crippen LogP contribution in [0.4, 0.5) is 0 Å². The summed E-state index contributed by atoms with van der Waals surface area (Å²) in [6, 6.07) is 17.6. The molecule has 0 aromatic heterocycles. The lowest BCUT2D eigenvalue weighted by molar-refractivity contribution is -0.130. The van der Waals surface area contributed by atoms with E-state index in [0.29, 0.717) is 0 Å². The van der Waals surface area contributed by atoms with Crippen molar-refractivity contribution in [3.63, 3.8) is 0 Å². The van der Waals surface area contributed by atoms with Crippen molar-refractivity contribution in [2.24, 2.45) is 5.73 Å². The molecule has 3 nitrogen and oxygen atoms in total. The lowest BCUT2D eigenvalue weighted by Gasteiger charge is -2.30. The number of amides is 1. The number of nitrogens with two attached hydrogens (primary N) is 1. The zero-order valence-electron chi connectivity index (χ0n) is 14.5. The minimum absolute atomic E-state index is 0.0608. The van der Waals surface area contributed by atoms with Gasteiger partial charge in [0.15, 0.2) is 0 Å². The predicted molar refractivity (Wildman–Crippen MR) is 101 cm³/mol. The summed E-state index contributed by atoms with van der Waals surface area (Å²) >= 11 is 0. The zero-order valence-corrected chi connectivity index (χ0v) is 14.5. The van der Waals surface area contributed by atoms with Crippen LogP contribution in [-0.4, -0.2) is 30.4 Å². The number of hydrogen-bond donors (Lipinski definition) is 1. The number of aryl methyl sites for hydroxylation is 2. The van der Waals surface area contributed by atoms with Crippen molar-refractivity contribution in [3.8, 4) is 0 Å². The van der Waals surface area contributed by atoms with E-state index >= 15 is 0 Å². The summed E-state index contributed by atoms with van der Waals surface area (Å²) in [6.07, 6.45) is 4.04.